The van der Waals surface area contributed by atoms with Crippen molar-refractivity contribution >= 4 is 0 Å². The smallest absolute Gasteiger partial charge is 0.130 e. The van der Waals surface area contributed by atoms with Crippen LogP contribution in [0.3, 0.4) is 0 Å². The van der Waals surface area contributed by atoms with Gasteiger partial charge < -0.3 is 9.84 Å². The average molecular weight is 161 g/mol. The maximum absolute atomic E-state index is 9.44. The third kappa shape index (κ3) is 4.35. The number of hydrogen-bond acceptors (Lipinski definition) is 3. The lowest BCUT2D eigenvalue weighted by Crippen LogP contribution is -2.38. The number of nitrogens with zero attached hydrogens (tertiary/aromatic N) is 1. The zero-order chi connectivity index (χ0) is 8.69. The van der Waals surface area contributed by atoms with Crippen molar-refractivity contribution in [2.45, 2.75) is 27.0 Å². The van der Waals surface area contributed by atoms with Gasteiger partial charge in [-0.15, -0.1) is 0 Å². The van der Waals surface area contributed by atoms with Gasteiger partial charge in [-0.2, -0.15) is 0 Å². The summed E-state index contributed by atoms with van der Waals surface area (Å²) in [7, 11) is 0. The highest BCUT2D eigenvalue weighted by Gasteiger charge is 2.10. The van der Waals surface area contributed by atoms with Crippen LogP contribution in [0.15, 0.2) is 0 Å². The Morgan fingerprint density at radius 1 is 1.27 bits per heavy atom. The number of ether oxygens (including phenoxy) is 1. The fourth-order valence-electron chi connectivity index (χ4n) is 0.974. The van der Waals surface area contributed by atoms with Crippen molar-refractivity contribution in [1.29, 1.82) is 0 Å². The maximum Gasteiger partial charge on any atom is 0.130 e. The lowest BCUT2D eigenvalue weighted by Gasteiger charge is -2.24. The quantitative estimate of drug-likeness (QED) is 0.582. The van der Waals surface area contributed by atoms with E-state index in [1.54, 1.807) is 0 Å². The van der Waals surface area contributed by atoms with Gasteiger partial charge in [0.05, 0.1) is 6.61 Å². The molecule has 68 valence electrons. The van der Waals surface area contributed by atoms with E-state index in [1.807, 2.05) is 25.7 Å². The summed E-state index contributed by atoms with van der Waals surface area (Å²) >= 11 is 0. The molecule has 0 aromatic rings. The first-order valence-corrected chi connectivity index (χ1v) is 4.26. The Hall–Kier alpha value is -0.120. The van der Waals surface area contributed by atoms with Crippen molar-refractivity contribution in [2.24, 2.45) is 0 Å². The van der Waals surface area contributed by atoms with Gasteiger partial charge in [-0.25, -0.2) is 0 Å². The largest absolute Gasteiger partial charge is 0.378 e. The van der Waals surface area contributed by atoms with Crippen molar-refractivity contribution in [3.63, 3.8) is 0 Å². The van der Waals surface area contributed by atoms with E-state index in [-0.39, 0.29) is 0 Å². The Morgan fingerprint density at radius 3 is 2.18 bits per heavy atom. The maximum atomic E-state index is 9.44. The van der Waals surface area contributed by atoms with Crippen molar-refractivity contribution < 1.29 is 9.84 Å². The standard InChI is InChI=1S/C8H19NO2/c1-4-9(5-2)8(10)7-11-6-3/h8,10H,4-7H2,1-3H3. The highest BCUT2D eigenvalue weighted by molar-refractivity contribution is 4.55. The summed E-state index contributed by atoms with van der Waals surface area (Å²) in [5, 5.41) is 9.44. The third-order valence-corrected chi connectivity index (χ3v) is 1.70. The molecule has 1 atom stereocenters. The van der Waals surface area contributed by atoms with E-state index in [0.29, 0.717) is 13.2 Å². The zero-order valence-corrected chi connectivity index (χ0v) is 7.71. The molecule has 1 unspecified atom stereocenters. The fourth-order valence-corrected chi connectivity index (χ4v) is 0.974. The molecule has 0 aliphatic carbocycles. The molecule has 0 aliphatic heterocycles. The second-order valence-corrected chi connectivity index (χ2v) is 2.36. The molecule has 0 aliphatic rings. The van der Waals surface area contributed by atoms with Crippen molar-refractivity contribution in [3.05, 3.63) is 0 Å². The Bertz CT molecular complexity index is 84.2. The Kier molecular flexibility index (Phi) is 6.51. The van der Waals surface area contributed by atoms with Gasteiger partial charge in [0.15, 0.2) is 0 Å². The molecule has 0 spiro atoms. The third-order valence-electron chi connectivity index (χ3n) is 1.70. The van der Waals surface area contributed by atoms with Crippen LogP contribution in [-0.4, -0.2) is 42.5 Å². The highest BCUT2D eigenvalue weighted by Crippen LogP contribution is 1.95. The molecular weight excluding hydrogens is 142 g/mol. The van der Waals surface area contributed by atoms with Crippen LogP contribution < -0.4 is 0 Å². The van der Waals surface area contributed by atoms with Gasteiger partial charge in [0.25, 0.3) is 0 Å². The molecule has 0 rings (SSSR count). The van der Waals surface area contributed by atoms with Crippen LogP contribution in [0, 0.1) is 0 Å². The zero-order valence-electron chi connectivity index (χ0n) is 7.71. The lowest BCUT2D eigenvalue weighted by atomic mass is 10.4. The minimum atomic E-state index is -0.440. The minimum absolute atomic E-state index is 0.415. The Balaban J connectivity index is 3.51. The molecule has 0 amide bonds. The number of hydrogen-bond donors (Lipinski definition) is 1. The highest BCUT2D eigenvalue weighted by atomic mass is 16.5. The van der Waals surface area contributed by atoms with Gasteiger partial charge in [-0.05, 0) is 20.0 Å². The van der Waals surface area contributed by atoms with Crippen LogP contribution in [0.25, 0.3) is 0 Å². The van der Waals surface area contributed by atoms with E-state index in [2.05, 4.69) is 0 Å². The molecule has 0 aromatic heterocycles. The van der Waals surface area contributed by atoms with E-state index in [0.717, 1.165) is 13.1 Å². The van der Waals surface area contributed by atoms with E-state index < -0.39 is 6.23 Å². The first kappa shape index (κ1) is 10.9. The van der Waals surface area contributed by atoms with E-state index in [4.69, 9.17) is 4.74 Å². The monoisotopic (exact) mass is 161 g/mol. The van der Waals surface area contributed by atoms with E-state index in [1.165, 1.54) is 0 Å². The number of likely N-dealkylation sites (N-methyl/N-ethyl adjacent to an activating group) is 1. The predicted octanol–water partition coefficient (Wildman–Crippen LogP) is 0.683. The van der Waals surface area contributed by atoms with Crippen molar-refractivity contribution in [1.82, 2.24) is 4.90 Å². The number of rotatable bonds is 6. The minimum Gasteiger partial charge on any atom is -0.378 e. The number of aliphatic hydroxyl groups excluding tert-OH is 1. The van der Waals surface area contributed by atoms with Crippen molar-refractivity contribution in [3.8, 4) is 0 Å². The van der Waals surface area contributed by atoms with Gasteiger partial charge >= 0.3 is 0 Å². The van der Waals surface area contributed by atoms with Crippen LogP contribution >= 0.6 is 0 Å². The molecule has 0 radical (unpaired) electrons. The first-order chi connectivity index (χ1) is 5.26. The average Bonchev–Trinajstić information content (AvgIpc) is 2.03. The Morgan fingerprint density at radius 2 is 1.82 bits per heavy atom. The predicted molar refractivity (Wildman–Crippen MR) is 45.4 cm³/mol. The van der Waals surface area contributed by atoms with Gasteiger partial charge in [0.2, 0.25) is 0 Å². The fraction of sp³-hybridized carbons (Fsp3) is 1.00. The van der Waals surface area contributed by atoms with Crippen LogP contribution in [0.5, 0.6) is 0 Å². The summed E-state index contributed by atoms with van der Waals surface area (Å²) in [4.78, 5) is 1.95. The van der Waals surface area contributed by atoms with Gasteiger partial charge in [-0.3, -0.25) is 4.90 Å². The summed E-state index contributed by atoms with van der Waals surface area (Å²) in [6.07, 6.45) is -0.440. The lowest BCUT2D eigenvalue weighted by molar-refractivity contribution is -0.0518. The second kappa shape index (κ2) is 6.58. The summed E-state index contributed by atoms with van der Waals surface area (Å²) in [6.45, 7) is 8.79. The van der Waals surface area contributed by atoms with Crippen LogP contribution in [-0.2, 0) is 4.74 Å². The SMILES string of the molecule is CCOCC(O)N(CC)CC. The van der Waals surface area contributed by atoms with Crippen LogP contribution in [0.1, 0.15) is 20.8 Å². The van der Waals surface area contributed by atoms with Crippen molar-refractivity contribution in [2.75, 3.05) is 26.3 Å². The summed E-state index contributed by atoms with van der Waals surface area (Å²) in [5.41, 5.74) is 0. The molecule has 1 N–H and O–H groups in total. The topological polar surface area (TPSA) is 32.7 Å². The molecule has 11 heavy (non-hydrogen) atoms. The van der Waals surface area contributed by atoms with Crippen LogP contribution in [0.2, 0.25) is 0 Å². The molecule has 0 fully saturated rings. The normalized spacial score (nSPS) is 13.9. The Labute approximate surface area is 69.0 Å². The summed E-state index contributed by atoms with van der Waals surface area (Å²) in [5.74, 6) is 0. The molecule has 3 nitrogen and oxygen atoms in total. The van der Waals surface area contributed by atoms with E-state index in [9.17, 15) is 5.11 Å². The second-order valence-electron chi connectivity index (χ2n) is 2.36. The van der Waals surface area contributed by atoms with Gasteiger partial charge in [0.1, 0.15) is 6.23 Å². The number of aliphatic hydroxyl groups is 1. The van der Waals surface area contributed by atoms with Crippen LogP contribution in [0.4, 0.5) is 0 Å². The molecule has 0 aromatic carbocycles. The van der Waals surface area contributed by atoms with Gasteiger partial charge in [0, 0.05) is 6.61 Å². The molecule has 0 bridgehead atoms. The van der Waals surface area contributed by atoms with Gasteiger partial charge in [-0.1, -0.05) is 13.8 Å². The summed E-state index contributed by atoms with van der Waals surface area (Å²) < 4.78 is 5.09. The molecule has 0 saturated carbocycles. The molecule has 3 heteroatoms. The molecule has 0 saturated heterocycles. The molecule has 0 heterocycles. The molecular formula is C8H19NO2. The summed E-state index contributed by atoms with van der Waals surface area (Å²) in [6, 6.07) is 0. The first-order valence-electron chi connectivity index (χ1n) is 4.26. The van der Waals surface area contributed by atoms with E-state index >= 15 is 0 Å².